The minimum absolute atomic E-state index is 1.10. The van der Waals surface area contributed by atoms with E-state index in [2.05, 4.69) is 13.8 Å². The molecule has 0 heteroatoms. The van der Waals surface area contributed by atoms with Gasteiger partial charge in [0.2, 0.25) is 0 Å². The van der Waals surface area contributed by atoms with E-state index >= 15 is 0 Å². The van der Waals surface area contributed by atoms with E-state index in [9.17, 15) is 0 Å². The lowest BCUT2D eigenvalue weighted by Gasteiger charge is -2.42. The molecule has 0 aromatic carbocycles. The van der Waals surface area contributed by atoms with Gasteiger partial charge in [-0.2, -0.15) is 0 Å². The smallest absolute Gasteiger partial charge is 0.0383 e. The van der Waals surface area contributed by atoms with Gasteiger partial charge in [-0.05, 0) is 49.4 Å². The van der Waals surface area contributed by atoms with E-state index in [4.69, 9.17) is 0 Å². The molecule has 0 aliphatic heterocycles. The highest BCUT2D eigenvalue weighted by atomic mass is 14.4. The van der Waals surface area contributed by atoms with Crippen LogP contribution in [0.4, 0.5) is 0 Å². The van der Waals surface area contributed by atoms with Crippen molar-refractivity contribution in [1.82, 2.24) is 0 Å². The van der Waals surface area contributed by atoms with Gasteiger partial charge >= 0.3 is 0 Å². The number of fused-ring (bicyclic) bond motifs is 1. The number of rotatable bonds is 9. The van der Waals surface area contributed by atoms with Crippen molar-refractivity contribution in [2.75, 3.05) is 0 Å². The van der Waals surface area contributed by atoms with Gasteiger partial charge in [-0.1, -0.05) is 84.5 Å². The molecule has 4 unspecified atom stereocenters. The molecule has 0 nitrogen and oxygen atoms in total. The summed E-state index contributed by atoms with van der Waals surface area (Å²) >= 11 is 0. The van der Waals surface area contributed by atoms with Crippen LogP contribution in [-0.2, 0) is 0 Å². The fourth-order valence-electron chi connectivity index (χ4n) is 5.15. The summed E-state index contributed by atoms with van der Waals surface area (Å²) in [5, 5.41) is 0. The lowest BCUT2D eigenvalue weighted by atomic mass is 9.63. The first kappa shape index (κ1) is 17.4. The van der Waals surface area contributed by atoms with Crippen LogP contribution in [0.1, 0.15) is 110 Å². The first-order chi connectivity index (χ1) is 10.3. The van der Waals surface area contributed by atoms with Gasteiger partial charge in [0.1, 0.15) is 0 Å². The van der Waals surface area contributed by atoms with Crippen LogP contribution in [0.25, 0.3) is 0 Å². The fourth-order valence-corrected chi connectivity index (χ4v) is 5.15. The summed E-state index contributed by atoms with van der Waals surface area (Å²) in [7, 11) is 0. The van der Waals surface area contributed by atoms with Crippen LogP contribution in [0.2, 0.25) is 0 Å². The lowest BCUT2D eigenvalue weighted by Crippen LogP contribution is -2.31. The maximum Gasteiger partial charge on any atom is -0.0383 e. The molecule has 0 amide bonds. The largest absolute Gasteiger partial charge is 0.0654 e. The molecule has 2 saturated carbocycles. The summed E-state index contributed by atoms with van der Waals surface area (Å²) in [5.41, 5.74) is 0. The standard InChI is InChI=1S/C21H40/c1-3-5-7-9-11-19-13-15-20-16-18(10-8-6-4-2)12-14-21(20)17-19/h18-21H,3-17H2,1-2H3. The Labute approximate surface area is 134 Å². The van der Waals surface area contributed by atoms with Crippen LogP contribution in [0.3, 0.4) is 0 Å². The minimum atomic E-state index is 1.10. The van der Waals surface area contributed by atoms with E-state index in [-0.39, 0.29) is 0 Å². The molecule has 0 radical (unpaired) electrons. The third-order valence-electron chi connectivity index (χ3n) is 6.51. The normalized spacial score (nSPS) is 32.9. The highest BCUT2D eigenvalue weighted by Crippen LogP contribution is 2.46. The van der Waals surface area contributed by atoms with Crippen LogP contribution >= 0.6 is 0 Å². The highest BCUT2D eigenvalue weighted by Gasteiger charge is 2.34. The van der Waals surface area contributed by atoms with Crippen molar-refractivity contribution >= 4 is 0 Å². The Hall–Kier alpha value is 0. The zero-order chi connectivity index (χ0) is 14.9. The minimum Gasteiger partial charge on any atom is -0.0654 e. The molecule has 0 aromatic heterocycles. The summed E-state index contributed by atoms with van der Waals surface area (Å²) in [6.07, 6.45) is 22.7. The van der Waals surface area contributed by atoms with Crippen molar-refractivity contribution in [3.63, 3.8) is 0 Å². The van der Waals surface area contributed by atoms with Crippen molar-refractivity contribution in [1.29, 1.82) is 0 Å². The van der Waals surface area contributed by atoms with E-state index < -0.39 is 0 Å². The van der Waals surface area contributed by atoms with Crippen molar-refractivity contribution in [2.24, 2.45) is 23.7 Å². The number of hydrogen-bond acceptors (Lipinski definition) is 0. The predicted molar refractivity (Wildman–Crippen MR) is 94.6 cm³/mol. The molecule has 2 rings (SSSR count). The van der Waals surface area contributed by atoms with Gasteiger partial charge in [-0.3, -0.25) is 0 Å². The third-order valence-corrected chi connectivity index (χ3v) is 6.51. The fraction of sp³-hybridized carbons (Fsp3) is 1.00. The Morgan fingerprint density at radius 3 is 1.57 bits per heavy atom. The topological polar surface area (TPSA) is 0 Å². The lowest BCUT2D eigenvalue weighted by molar-refractivity contribution is 0.0904. The van der Waals surface area contributed by atoms with Gasteiger partial charge in [-0.25, -0.2) is 0 Å². The molecule has 0 bridgehead atoms. The van der Waals surface area contributed by atoms with E-state index in [0.717, 1.165) is 23.7 Å². The Morgan fingerprint density at radius 1 is 0.571 bits per heavy atom. The third kappa shape index (κ3) is 5.95. The molecular formula is C21H40. The summed E-state index contributed by atoms with van der Waals surface area (Å²) in [6.45, 7) is 4.66. The first-order valence-corrected chi connectivity index (χ1v) is 10.3. The Kier molecular flexibility index (Phi) is 8.19. The molecule has 21 heavy (non-hydrogen) atoms. The van der Waals surface area contributed by atoms with Crippen LogP contribution in [0.15, 0.2) is 0 Å². The maximum atomic E-state index is 2.33. The van der Waals surface area contributed by atoms with Gasteiger partial charge in [0.15, 0.2) is 0 Å². The van der Waals surface area contributed by atoms with Crippen LogP contribution in [0, 0.1) is 23.7 Å². The molecule has 0 heterocycles. The van der Waals surface area contributed by atoms with Crippen LogP contribution < -0.4 is 0 Å². The average Bonchev–Trinajstić information content (AvgIpc) is 2.52. The second-order valence-corrected chi connectivity index (χ2v) is 8.22. The molecule has 2 fully saturated rings. The first-order valence-electron chi connectivity index (χ1n) is 10.3. The predicted octanol–water partition coefficient (Wildman–Crippen LogP) is 7.37. The summed E-state index contributed by atoms with van der Waals surface area (Å²) in [4.78, 5) is 0. The van der Waals surface area contributed by atoms with E-state index in [1.54, 1.807) is 44.9 Å². The van der Waals surface area contributed by atoms with Crippen LogP contribution in [-0.4, -0.2) is 0 Å². The Morgan fingerprint density at radius 2 is 1.05 bits per heavy atom. The van der Waals surface area contributed by atoms with E-state index in [1.165, 1.54) is 51.4 Å². The average molecular weight is 293 g/mol. The summed E-state index contributed by atoms with van der Waals surface area (Å²) in [6, 6.07) is 0. The zero-order valence-corrected chi connectivity index (χ0v) is 14.9. The summed E-state index contributed by atoms with van der Waals surface area (Å²) < 4.78 is 0. The quantitative estimate of drug-likeness (QED) is 0.389. The van der Waals surface area contributed by atoms with Crippen molar-refractivity contribution in [3.8, 4) is 0 Å². The van der Waals surface area contributed by atoms with Crippen molar-refractivity contribution in [3.05, 3.63) is 0 Å². The van der Waals surface area contributed by atoms with Crippen LogP contribution in [0.5, 0.6) is 0 Å². The monoisotopic (exact) mass is 292 g/mol. The molecule has 0 aromatic rings. The molecule has 0 N–H and O–H groups in total. The van der Waals surface area contributed by atoms with E-state index in [0.29, 0.717) is 0 Å². The number of unbranched alkanes of at least 4 members (excludes halogenated alkanes) is 5. The number of hydrogen-bond donors (Lipinski definition) is 0. The summed E-state index contributed by atoms with van der Waals surface area (Å²) in [5.74, 6) is 4.44. The molecule has 2 aliphatic carbocycles. The Balaban J connectivity index is 1.63. The van der Waals surface area contributed by atoms with Gasteiger partial charge in [-0.15, -0.1) is 0 Å². The molecule has 124 valence electrons. The molecule has 0 saturated heterocycles. The van der Waals surface area contributed by atoms with E-state index in [1.807, 2.05) is 0 Å². The second kappa shape index (κ2) is 9.90. The zero-order valence-electron chi connectivity index (χ0n) is 14.9. The second-order valence-electron chi connectivity index (χ2n) is 8.22. The van der Waals surface area contributed by atoms with Crippen molar-refractivity contribution in [2.45, 2.75) is 110 Å². The van der Waals surface area contributed by atoms with Gasteiger partial charge in [0.25, 0.3) is 0 Å². The molecule has 4 atom stereocenters. The molecular weight excluding hydrogens is 252 g/mol. The van der Waals surface area contributed by atoms with Gasteiger partial charge < -0.3 is 0 Å². The highest BCUT2D eigenvalue weighted by molar-refractivity contribution is 4.86. The Bertz CT molecular complexity index is 257. The van der Waals surface area contributed by atoms with Gasteiger partial charge in [0.05, 0.1) is 0 Å². The molecule has 2 aliphatic rings. The van der Waals surface area contributed by atoms with Crippen molar-refractivity contribution < 1.29 is 0 Å². The SMILES string of the molecule is CCCCCCC1CCC2CC(CCCCC)CCC2C1. The maximum absolute atomic E-state index is 2.33. The molecule has 0 spiro atoms. The van der Waals surface area contributed by atoms with Gasteiger partial charge in [0, 0.05) is 0 Å².